The maximum Gasteiger partial charge on any atom is 0.472 e. The van der Waals surface area contributed by atoms with Gasteiger partial charge < -0.3 is 9.38 Å². The monoisotopic (exact) mass is 490 g/mol. The molecule has 0 spiro atoms. The van der Waals surface area contributed by atoms with Gasteiger partial charge in [-0.2, -0.15) is 0 Å². The molecular weight excluding hydrogens is 433 g/mol. The second-order valence-electron chi connectivity index (χ2n) is 11.3. The Hall–Kier alpha value is 0.0700. The Morgan fingerprint density at radius 1 is 0.697 bits per heavy atom. The Labute approximate surface area is 206 Å². The van der Waals surface area contributed by atoms with Gasteiger partial charge in [0.1, 0.15) is 12.1 Å². The molecule has 1 rings (SSSR count). The summed E-state index contributed by atoms with van der Waals surface area (Å²) in [4.78, 5) is 10.1. The fraction of sp³-hybridized carbons (Fsp3) is 1.00. The second-order valence-corrected chi connectivity index (χ2v) is 12.8. The smallest absolute Gasteiger partial charge is 0.324 e. The molecule has 1 unspecified atom stereocenters. The lowest BCUT2D eigenvalue weighted by atomic mass is 9.95. The van der Waals surface area contributed by atoms with Crippen LogP contribution in [-0.4, -0.2) is 49.3 Å². The first-order chi connectivity index (χ1) is 15.7. The van der Waals surface area contributed by atoms with Crippen LogP contribution in [0.4, 0.5) is 0 Å². The van der Waals surface area contributed by atoms with Gasteiger partial charge in [-0.15, -0.1) is 0 Å². The zero-order valence-corrected chi connectivity index (χ0v) is 23.5. The van der Waals surface area contributed by atoms with Gasteiger partial charge in [0.15, 0.2) is 0 Å². The molecule has 0 aliphatic heterocycles. The van der Waals surface area contributed by atoms with Gasteiger partial charge in [0.2, 0.25) is 0 Å². The Morgan fingerprint density at radius 3 is 1.48 bits per heavy atom. The van der Waals surface area contributed by atoms with Crippen LogP contribution in [0.3, 0.4) is 0 Å². The van der Waals surface area contributed by atoms with Crippen LogP contribution in [0.2, 0.25) is 0 Å². The number of nitrogens with zero attached hydrogens (tertiary/aromatic N) is 1. The number of quaternary nitrogens is 1. The summed E-state index contributed by atoms with van der Waals surface area (Å²) < 4.78 is 23.8. The van der Waals surface area contributed by atoms with Crippen molar-refractivity contribution in [2.24, 2.45) is 0 Å². The van der Waals surface area contributed by atoms with E-state index in [0.29, 0.717) is 13.2 Å². The summed E-state index contributed by atoms with van der Waals surface area (Å²) in [5, 5.41) is 0. The van der Waals surface area contributed by atoms with E-state index in [1.165, 1.54) is 89.9 Å². The van der Waals surface area contributed by atoms with Crippen LogP contribution in [0, 0.1) is 0 Å². The standard InChI is InChI=1S/C27H56NO4P/c1-5-6-7-8-9-10-11-12-13-14-15-16-17-18-19-22-25-31-33(29,30)32-26-27(28(2,3)4)23-20-21-24-27/h5-26H2,1-4H3/p+1. The molecule has 1 saturated carbocycles. The number of unbranched alkanes of at least 4 members (excludes halogenated alkanes) is 15. The molecule has 1 fully saturated rings. The van der Waals surface area contributed by atoms with Crippen molar-refractivity contribution < 1.29 is 23.0 Å². The van der Waals surface area contributed by atoms with E-state index < -0.39 is 7.82 Å². The highest BCUT2D eigenvalue weighted by Gasteiger charge is 2.47. The van der Waals surface area contributed by atoms with E-state index >= 15 is 0 Å². The van der Waals surface area contributed by atoms with Crippen LogP contribution >= 0.6 is 7.82 Å². The van der Waals surface area contributed by atoms with E-state index in [9.17, 15) is 9.46 Å². The normalized spacial score (nSPS) is 18.0. The molecule has 0 aromatic rings. The van der Waals surface area contributed by atoms with Gasteiger partial charge in [-0.3, -0.25) is 9.05 Å². The predicted molar refractivity (Wildman–Crippen MR) is 141 cm³/mol. The molecule has 0 aromatic heterocycles. The predicted octanol–water partition coefficient (Wildman–Crippen LogP) is 8.40. The van der Waals surface area contributed by atoms with Crippen molar-refractivity contribution in [2.75, 3.05) is 34.4 Å². The number of phosphoric acid groups is 1. The summed E-state index contributed by atoms with van der Waals surface area (Å²) in [5.74, 6) is 0. The van der Waals surface area contributed by atoms with E-state index in [4.69, 9.17) is 9.05 Å². The third kappa shape index (κ3) is 14.3. The van der Waals surface area contributed by atoms with Crippen LogP contribution in [0.25, 0.3) is 0 Å². The van der Waals surface area contributed by atoms with Gasteiger partial charge >= 0.3 is 7.82 Å². The summed E-state index contributed by atoms with van der Waals surface area (Å²) in [7, 11) is 2.48. The average Bonchev–Trinajstić information content (AvgIpc) is 3.25. The lowest BCUT2D eigenvalue weighted by molar-refractivity contribution is -0.923. The minimum atomic E-state index is -3.96. The maximum absolute atomic E-state index is 12.3. The van der Waals surface area contributed by atoms with Crippen molar-refractivity contribution >= 4 is 7.82 Å². The molecule has 1 aliphatic carbocycles. The maximum atomic E-state index is 12.3. The molecule has 1 atom stereocenters. The minimum absolute atomic E-state index is 0.0734. The quantitative estimate of drug-likeness (QED) is 0.0940. The Kier molecular flexibility index (Phi) is 16.5. The lowest BCUT2D eigenvalue weighted by Gasteiger charge is -2.43. The average molecular weight is 491 g/mol. The Morgan fingerprint density at radius 2 is 1.09 bits per heavy atom. The van der Waals surface area contributed by atoms with E-state index in [1.54, 1.807) is 0 Å². The number of likely N-dealkylation sites (N-methyl/N-ethyl adjacent to an activating group) is 1. The largest absolute Gasteiger partial charge is 0.472 e. The van der Waals surface area contributed by atoms with Crippen molar-refractivity contribution in [3.05, 3.63) is 0 Å². The lowest BCUT2D eigenvalue weighted by Crippen LogP contribution is -2.58. The molecule has 198 valence electrons. The third-order valence-electron chi connectivity index (χ3n) is 7.71. The molecule has 5 nitrogen and oxygen atoms in total. The van der Waals surface area contributed by atoms with Crippen LogP contribution in [0.15, 0.2) is 0 Å². The molecule has 1 aliphatic rings. The van der Waals surface area contributed by atoms with Crippen molar-refractivity contribution in [2.45, 2.75) is 141 Å². The molecule has 0 bridgehead atoms. The van der Waals surface area contributed by atoms with Gasteiger partial charge in [0.25, 0.3) is 0 Å². The van der Waals surface area contributed by atoms with Crippen molar-refractivity contribution in [3.63, 3.8) is 0 Å². The number of rotatable bonds is 22. The van der Waals surface area contributed by atoms with Gasteiger partial charge in [-0.05, 0) is 19.3 Å². The molecule has 0 heterocycles. The van der Waals surface area contributed by atoms with Crippen LogP contribution in [0.1, 0.15) is 135 Å². The zero-order chi connectivity index (χ0) is 24.5. The van der Waals surface area contributed by atoms with E-state index in [-0.39, 0.29) is 5.54 Å². The van der Waals surface area contributed by atoms with Gasteiger partial charge in [0, 0.05) is 12.8 Å². The van der Waals surface area contributed by atoms with E-state index in [2.05, 4.69) is 28.1 Å². The highest BCUT2D eigenvalue weighted by atomic mass is 31.2. The highest BCUT2D eigenvalue weighted by Crippen LogP contribution is 2.47. The van der Waals surface area contributed by atoms with E-state index in [1.807, 2.05) is 0 Å². The van der Waals surface area contributed by atoms with Crippen molar-refractivity contribution in [1.82, 2.24) is 0 Å². The second kappa shape index (κ2) is 17.5. The Balaban J connectivity index is 1.93. The van der Waals surface area contributed by atoms with Crippen molar-refractivity contribution in [3.8, 4) is 0 Å². The molecule has 0 saturated heterocycles. The summed E-state index contributed by atoms with van der Waals surface area (Å²) >= 11 is 0. The first-order valence-corrected chi connectivity index (χ1v) is 15.7. The van der Waals surface area contributed by atoms with Crippen molar-refractivity contribution in [1.29, 1.82) is 0 Å². The van der Waals surface area contributed by atoms with Gasteiger partial charge in [0.05, 0.1) is 27.7 Å². The number of phosphoric ester groups is 1. The van der Waals surface area contributed by atoms with Crippen LogP contribution < -0.4 is 0 Å². The molecule has 1 N–H and O–H groups in total. The topological polar surface area (TPSA) is 55.8 Å². The summed E-state index contributed by atoms with van der Waals surface area (Å²) in [6.07, 6.45) is 25.4. The first kappa shape index (κ1) is 31.1. The number of hydrogen-bond acceptors (Lipinski definition) is 3. The molecule has 0 aromatic carbocycles. The summed E-state index contributed by atoms with van der Waals surface area (Å²) in [6, 6.07) is 0. The van der Waals surface area contributed by atoms with Gasteiger partial charge in [-0.1, -0.05) is 103 Å². The third-order valence-corrected chi connectivity index (χ3v) is 8.67. The molecule has 0 amide bonds. The molecule has 0 radical (unpaired) electrons. The summed E-state index contributed by atoms with van der Waals surface area (Å²) in [6.45, 7) is 2.88. The summed E-state index contributed by atoms with van der Waals surface area (Å²) in [5.41, 5.74) is -0.0734. The zero-order valence-electron chi connectivity index (χ0n) is 22.6. The highest BCUT2D eigenvalue weighted by molar-refractivity contribution is 7.47. The first-order valence-electron chi connectivity index (χ1n) is 14.2. The van der Waals surface area contributed by atoms with Crippen LogP contribution in [0.5, 0.6) is 0 Å². The molecule has 33 heavy (non-hydrogen) atoms. The minimum Gasteiger partial charge on any atom is -0.324 e. The van der Waals surface area contributed by atoms with E-state index in [0.717, 1.165) is 43.0 Å². The fourth-order valence-electron chi connectivity index (χ4n) is 5.11. The molecule has 6 heteroatoms. The fourth-order valence-corrected chi connectivity index (χ4v) is 5.95. The van der Waals surface area contributed by atoms with Gasteiger partial charge in [-0.25, -0.2) is 4.57 Å². The molecular formula is C27H57NO4P+. The Bertz CT molecular complexity index is 515. The SMILES string of the molecule is CCCCCCCCCCCCCCCCCCOP(=O)(O)OCC1([N+](C)(C)C)CCCC1. The van der Waals surface area contributed by atoms with Crippen LogP contribution in [-0.2, 0) is 13.6 Å². The number of hydrogen-bond donors (Lipinski definition) is 1.